The van der Waals surface area contributed by atoms with Gasteiger partial charge in [-0.3, -0.25) is 14.6 Å². The molecule has 0 N–H and O–H groups in total. The first-order valence-electron chi connectivity index (χ1n) is 11.6. The summed E-state index contributed by atoms with van der Waals surface area (Å²) in [6.45, 7) is 3.37. The van der Waals surface area contributed by atoms with Crippen LogP contribution in [0.15, 0.2) is 65.7 Å². The number of likely N-dealkylation sites (tertiary alicyclic amines) is 1. The molecule has 2 aliphatic rings. The van der Waals surface area contributed by atoms with Crippen LogP contribution in [0.2, 0.25) is 0 Å². The summed E-state index contributed by atoms with van der Waals surface area (Å²) >= 11 is 0. The standard InChI is InChI=1S/C27H29N3O2/c1-19-15-25(31)26(27(32)30-18-22-7-9-23(30)16-22)24(10-8-20-5-3-2-4-6-20)29(19)17-21-11-13-28-14-12-21/h2-6,11-15,22-23H,7-10,16-18H2,1H3/t22-,23+/m0/s1. The molecule has 1 amide bonds. The zero-order valence-corrected chi connectivity index (χ0v) is 18.5. The van der Waals surface area contributed by atoms with Crippen LogP contribution in [0, 0.1) is 12.8 Å². The summed E-state index contributed by atoms with van der Waals surface area (Å²) in [5.41, 5.74) is 4.26. The lowest BCUT2D eigenvalue weighted by Gasteiger charge is -2.29. The van der Waals surface area contributed by atoms with Crippen LogP contribution in [0.25, 0.3) is 0 Å². The van der Waals surface area contributed by atoms with E-state index in [0.29, 0.717) is 30.5 Å². The van der Waals surface area contributed by atoms with Crippen molar-refractivity contribution in [1.29, 1.82) is 0 Å². The van der Waals surface area contributed by atoms with Crippen LogP contribution < -0.4 is 5.43 Å². The maximum absolute atomic E-state index is 13.7. The van der Waals surface area contributed by atoms with Gasteiger partial charge in [0.05, 0.1) is 0 Å². The Balaban J connectivity index is 1.56. The molecule has 3 aromatic rings. The van der Waals surface area contributed by atoms with E-state index in [4.69, 9.17) is 0 Å². The van der Waals surface area contributed by atoms with Gasteiger partial charge >= 0.3 is 0 Å². The monoisotopic (exact) mass is 427 g/mol. The molecule has 1 aliphatic heterocycles. The molecule has 164 valence electrons. The van der Waals surface area contributed by atoms with Gasteiger partial charge in [0, 0.05) is 49.0 Å². The lowest BCUT2D eigenvalue weighted by Crippen LogP contribution is -2.41. The Morgan fingerprint density at radius 2 is 1.81 bits per heavy atom. The van der Waals surface area contributed by atoms with Crippen molar-refractivity contribution in [3.63, 3.8) is 0 Å². The van der Waals surface area contributed by atoms with E-state index in [1.165, 1.54) is 12.0 Å². The van der Waals surface area contributed by atoms with E-state index < -0.39 is 0 Å². The van der Waals surface area contributed by atoms with Crippen molar-refractivity contribution in [2.24, 2.45) is 5.92 Å². The number of fused-ring (bicyclic) bond motifs is 2. The third-order valence-electron chi connectivity index (χ3n) is 7.09. The summed E-state index contributed by atoms with van der Waals surface area (Å²) in [6, 6.07) is 16.2. The minimum Gasteiger partial charge on any atom is -0.343 e. The minimum absolute atomic E-state index is 0.0752. The maximum Gasteiger partial charge on any atom is 0.259 e. The SMILES string of the molecule is Cc1cc(=O)c(C(=O)N2C[C@H]3CC[C@@H]2C3)c(CCc2ccccc2)n1Cc1ccncc1. The molecule has 1 aromatic carbocycles. The average molecular weight is 428 g/mol. The Hall–Kier alpha value is -3.21. The Labute approximate surface area is 188 Å². The highest BCUT2D eigenvalue weighted by Gasteiger charge is 2.41. The van der Waals surface area contributed by atoms with E-state index >= 15 is 0 Å². The molecule has 5 nitrogen and oxygen atoms in total. The van der Waals surface area contributed by atoms with Gasteiger partial charge in [-0.25, -0.2) is 0 Å². The Morgan fingerprint density at radius 3 is 2.50 bits per heavy atom. The van der Waals surface area contributed by atoms with Crippen molar-refractivity contribution in [1.82, 2.24) is 14.5 Å². The summed E-state index contributed by atoms with van der Waals surface area (Å²) in [6.07, 6.45) is 8.35. The smallest absolute Gasteiger partial charge is 0.259 e. The summed E-state index contributed by atoms with van der Waals surface area (Å²) in [7, 11) is 0. The van der Waals surface area contributed by atoms with E-state index in [-0.39, 0.29) is 11.3 Å². The number of carbonyl (C=O) groups excluding carboxylic acids is 1. The van der Waals surface area contributed by atoms with Gasteiger partial charge < -0.3 is 9.47 Å². The summed E-state index contributed by atoms with van der Waals surface area (Å²) in [5, 5.41) is 0. The molecule has 0 spiro atoms. The number of aryl methyl sites for hydroxylation is 2. The quantitative estimate of drug-likeness (QED) is 0.597. The molecule has 3 heterocycles. The van der Waals surface area contributed by atoms with Gasteiger partial charge in [0.25, 0.3) is 5.91 Å². The number of hydrogen-bond acceptors (Lipinski definition) is 3. The number of amides is 1. The van der Waals surface area contributed by atoms with Crippen LogP contribution in [0.4, 0.5) is 0 Å². The first-order chi connectivity index (χ1) is 15.6. The van der Waals surface area contributed by atoms with E-state index in [1.807, 2.05) is 42.2 Å². The molecular formula is C27H29N3O2. The molecule has 0 unspecified atom stereocenters. The van der Waals surface area contributed by atoms with Gasteiger partial charge in [-0.05, 0) is 68.2 Å². The van der Waals surface area contributed by atoms with Crippen molar-refractivity contribution in [3.05, 3.63) is 99.2 Å². The van der Waals surface area contributed by atoms with Gasteiger partial charge in [-0.1, -0.05) is 30.3 Å². The summed E-state index contributed by atoms with van der Waals surface area (Å²) in [5.74, 6) is 0.523. The van der Waals surface area contributed by atoms with Crippen molar-refractivity contribution in [3.8, 4) is 0 Å². The van der Waals surface area contributed by atoms with Gasteiger partial charge in [0.1, 0.15) is 5.56 Å². The topological polar surface area (TPSA) is 55.2 Å². The molecule has 0 radical (unpaired) electrons. The van der Waals surface area contributed by atoms with Crippen molar-refractivity contribution >= 4 is 5.91 Å². The lowest BCUT2D eigenvalue weighted by molar-refractivity contribution is 0.0700. The fourth-order valence-electron chi connectivity index (χ4n) is 5.43. The molecule has 1 saturated carbocycles. The predicted molar refractivity (Wildman–Crippen MR) is 125 cm³/mol. The lowest BCUT2D eigenvalue weighted by atomic mass is 10.0. The normalized spacial score (nSPS) is 19.5. The zero-order chi connectivity index (χ0) is 22.1. The maximum atomic E-state index is 13.7. The number of aromatic nitrogens is 2. The van der Waals surface area contributed by atoms with E-state index in [1.54, 1.807) is 18.5 Å². The zero-order valence-electron chi connectivity index (χ0n) is 18.5. The molecule has 2 fully saturated rings. The first kappa shape index (κ1) is 20.7. The second kappa shape index (κ2) is 8.73. The third kappa shape index (κ3) is 3.99. The van der Waals surface area contributed by atoms with Crippen molar-refractivity contribution < 1.29 is 4.79 Å². The fraction of sp³-hybridized carbons (Fsp3) is 0.370. The van der Waals surface area contributed by atoms with Crippen LogP contribution in [-0.2, 0) is 19.4 Å². The highest BCUT2D eigenvalue weighted by molar-refractivity contribution is 5.95. The second-order valence-corrected chi connectivity index (χ2v) is 9.19. The minimum atomic E-state index is -0.149. The van der Waals surface area contributed by atoms with Gasteiger partial charge in [-0.2, -0.15) is 0 Å². The van der Waals surface area contributed by atoms with Gasteiger partial charge in [-0.15, -0.1) is 0 Å². The number of piperidine rings is 1. The molecule has 32 heavy (non-hydrogen) atoms. The molecule has 1 aliphatic carbocycles. The molecule has 2 atom stereocenters. The largest absolute Gasteiger partial charge is 0.343 e. The number of pyridine rings is 2. The van der Waals surface area contributed by atoms with Crippen LogP contribution in [0.3, 0.4) is 0 Å². The number of rotatable bonds is 6. The summed E-state index contributed by atoms with van der Waals surface area (Å²) in [4.78, 5) is 33.0. The highest BCUT2D eigenvalue weighted by atomic mass is 16.2. The van der Waals surface area contributed by atoms with Crippen LogP contribution in [0.5, 0.6) is 0 Å². The van der Waals surface area contributed by atoms with E-state index in [9.17, 15) is 9.59 Å². The van der Waals surface area contributed by atoms with Crippen molar-refractivity contribution in [2.75, 3.05) is 6.54 Å². The number of hydrogen-bond donors (Lipinski definition) is 0. The highest BCUT2D eigenvalue weighted by Crippen LogP contribution is 2.38. The molecular weight excluding hydrogens is 398 g/mol. The fourth-order valence-corrected chi connectivity index (χ4v) is 5.43. The third-order valence-corrected chi connectivity index (χ3v) is 7.09. The van der Waals surface area contributed by atoms with Gasteiger partial charge in [0.2, 0.25) is 0 Å². The van der Waals surface area contributed by atoms with Gasteiger partial charge in [0.15, 0.2) is 5.43 Å². The number of carbonyl (C=O) groups is 1. The molecule has 2 aromatic heterocycles. The summed E-state index contributed by atoms with van der Waals surface area (Å²) < 4.78 is 2.15. The number of nitrogens with zero attached hydrogens (tertiary/aromatic N) is 3. The van der Waals surface area contributed by atoms with E-state index in [0.717, 1.165) is 42.8 Å². The van der Waals surface area contributed by atoms with E-state index in [2.05, 4.69) is 21.7 Å². The molecule has 1 saturated heterocycles. The number of benzene rings is 1. The van der Waals surface area contributed by atoms with Crippen molar-refractivity contribution in [2.45, 2.75) is 51.6 Å². The Morgan fingerprint density at radius 1 is 1.03 bits per heavy atom. The Bertz CT molecular complexity index is 1170. The van der Waals surface area contributed by atoms with Crippen LogP contribution >= 0.6 is 0 Å². The molecule has 5 heteroatoms. The second-order valence-electron chi connectivity index (χ2n) is 9.19. The molecule has 2 bridgehead atoms. The predicted octanol–water partition coefficient (Wildman–Crippen LogP) is 4.01. The average Bonchev–Trinajstić information content (AvgIpc) is 3.45. The molecule has 5 rings (SSSR count). The van der Waals surface area contributed by atoms with Crippen LogP contribution in [-0.4, -0.2) is 32.9 Å². The Kier molecular flexibility index (Phi) is 5.64. The first-order valence-corrected chi connectivity index (χ1v) is 11.6. The van der Waals surface area contributed by atoms with Crippen LogP contribution in [0.1, 0.15) is 52.1 Å².